The van der Waals surface area contributed by atoms with Crippen LogP contribution >= 0.6 is 0 Å². The van der Waals surface area contributed by atoms with Crippen molar-refractivity contribution in [3.8, 4) is 5.75 Å². The summed E-state index contributed by atoms with van der Waals surface area (Å²) in [6.07, 6.45) is 8.81. The number of piperazine rings is 1. The molecule has 0 radical (unpaired) electrons. The fraction of sp³-hybridized carbons (Fsp3) is 0.267. The zero-order valence-electron chi connectivity index (χ0n) is 20.6. The summed E-state index contributed by atoms with van der Waals surface area (Å²) in [5.41, 5.74) is 5.08. The molecule has 3 aromatic rings. The highest BCUT2D eigenvalue weighted by atomic mass is 16.5. The molecule has 3 aliphatic rings. The molecule has 2 aliphatic heterocycles. The zero-order chi connectivity index (χ0) is 25.2. The van der Waals surface area contributed by atoms with Gasteiger partial charge in [0.05, 0.1) is 5.52 Å². The van der Waals surface area contributed by atoms with Crippen molar-refractivity contribution in [2.45, 2.75) is 12.1 Å². The van der Waals surface area contributed by atoms with Gasteiger partial charge in [0.25, 0.3) is 0 Å². The van der Waals surface area contributed by atoms with E-state index < -0.39 is 6.10 Å². The molecule has 7 heteroatoms. The molecule has 1 aliphatic carbocycles. The molecule has 6 rings (SSSR count). The van der Waals surface area contributed by atoms with E-state index in [0.717, 1.165) is 65.4 Å². The monoisotopic (exact) mass is 494 g/mol. The van der Waals surface area contributed by atoms with E-state index >= 15 is 0 Å². The normalized spacial score (nSPS) is 20.3. The molecule has 188 valence electrons. The Hall–Kier alpha value is -3.94. The largest absolute Gasteiger partial charge is 0.490 e. The molecular formula is C30H30N4O3. The smallest absolute Gasteiger partial charge is 0.182 e. The van der Waals surface area contributed by atoms with Crippen LogP contribution in [0.25, 0.3) is 16.6 Å². The molecule has 2 aromatic carbocycles. The van der Waals surface area contributed by atoms with Gasteiger partial charge in [0.15, 0.2) is 5.78 Å². The number of β-amino-alcohol motifs (C(OH)–C–C–N with tert-alkyl or cyclic N) is 1. The maximum Gasteiger partial charge on any atom is 0.182 e. The standard InChI is InChI=1S/C30H30N4O3/c35-22(20-37-29-12-4-10-25-24(29)8-5-13-31-25)19-33-14-16-34(17-15-33)27-18-21-6-3-11-28(36)30(21)32-26-9-2-1-7-23(26)27/h1-13,18,22,30,32,35H,14-17,19-20H2. The highest BCUT2D eigenvalue weighted by Gasteiger charge is 2.29. The van der Waals surface area contributed by atoms with Crippen molar-refractivity contribution in [2.75, 3.05) is 44.6 Å². The molecule has 0 bridgehead atoms. The average molecular weight is 495 g/mol. The van der Waals surface area contributed by atoms with E-state index in [9.17, 15) is 9.90 Å². The van der Waals surface area contributed by atoms with Crippen molar-refractivity contribution in [1.82, 2.24) is 14.8 Å². The molecule has 3 heterocycles. The molecule has 0 amide bonds. The number of anilines is 1. The van der Waals surface area contributed by atoms with Crippen molar-refractivity contribution >= 4 is 28.1 Å². The number of ether oxygens (including phenoxy) is 1. The van der Waals surface area contributed by atoms with Crippen LogP contribution in [-0.4, -0.2) is 77.2 Å². The van der Waals surface area contributed by atoms with E-state index in [4.69, 9.17) is 4.74 Å². The molecule has 0 saturated carbocycles. The summed E-state index contributed by atoms with van der Waals surface area (Å²) < 4.78 is 5.97. The third kappa shape index (κ3) is 4.88. The maximum atomic E-state index is 12.6. The predicted molar refractivity (Wildman–Crippen MR) is 145 cm³/mol. The number of ketones is 1. The average Bonchev–Trinajstić information content (AvgIpc) is 3.10. The maximum absolute atomic E-state index is 12.6. The molecule has 2 atom stereocenters. The summed E-state index contributed by atoms with van der Waals surface area (Å²) >= 11 is 0. The Labute approximate surface area is 216 Å². The number of rotatable bonds is 6. The van der Waals surface area contributed by atoms with Crippen molar-refractivity contribution in [2.24, 2.45) is 0 Å². The first kappa shape index (κ1) is 23.5. The van der Waals surface area contributed by atoms with Gasteiger partial charge in [0.1, 0.15) is 24.5 Å². The third-order valence-electron chi connectivity index (χ3n) is 7.19. The molecule has 0 spiro atoms. The number of allylic oxidation sites excluding steroid dienone is 2. The first-order valence-corrected chi connectivity index (χ1v) is 12.8. The van der Waals surface area contributed by atoms with Gasteiger partial charge in [0.2, 0.25) is 0 Å². The van der Waals surface area contributed by atoms with Crippen molar-refractivity contribution in [1.29, 1.82) is 0 Å². The Morgan fingerprint density at radius 2 is 1.92 bits per heavy atom. The summed E-state index contributed by atoms with van der Waals surface area (Å²) in [5.74, 6) is 0.816. The Kier molecular flexibility index (Phi) is 6.47. The first-order chi connectivity index (χ1) is 18.2. The number of benzene rings is 2. The summed E-state index contributed by atoms with van der Waals surface area (Å²) in [5, 5.41) is 15.1. The van der Waals surface area contributed by atoms with Crippen LogP contribution in [-0.2, 0) is 4.79 Å². The highest BCUT2D eigenvalue weighted by molar-refractivity contribution is 6.02. The van der Waals surface area contributed by atoms with Gasteiger partial charge < -0.3 is 20.1 Å². The van der Waals surface area contributed by atoms with Gasteiger partial charge in [-0.25, -0.2) is 0 Å². The van der Waals surface area contributed by atoms with Crippen LogP contribution in [0.1, 0.15) is 5.56 Å². The number of carbonyl (C=O) groups excluding carboxylic acids is 1. The van der Waals surface area contributed by atoms with Crippen LogP contribution < -0.4 is 10.1 Å². The van der Waals surface area contributed by atoms with Crippen LogP contribution in [0.4, 0.5) is 5.69 Å². The number of hydrogen-bond acceptors (Lipinski definition) is 7. The van der Waals surface area contributed by atoms with Crippen LogP contribution in [0.5, 0.6) is 5.75 Å². The number of para-hydroxylation sites is 1. The van der Waals surface area contributed by atoms with Gasteiger partial charge in [-0.1, -0.05) is 36.4 Å². The van der Waals surface area contributed by atoms with E-state index in [1.807, 2.05) is 60.7 Å². The number of pyridine rings is 1. The minimum absolute atomic E-state index is 0.0746. The quantitative estimate of drug-likeness (QED) is 0.543. The molecule has 7 nitrogen and oxygen atoms in total. The second-order valence-corrected chi connectivity index (χ2v) is 9.66. The lowest BCUT2D eigenvalue weighted by Gasteiger charge is -2.38. The van der Waals surface area contributed by atoms with Crippen molar-refractivity contribution in [3.05, 3.63) is 96.2 Å². The summed E-state index contributed by atoms with van der Waals surface area (Å²) in [6, 6.07) is 17.5. The topological polar surface area (TPSA) is 77.9 Å². The molecular weight excluding hydrogens is 464 g/mol. The number of aliphatic hydroxyl groups excluding tert-OH is 1. The number of fused-ring (bicyclic) bond motifs is 3. The number of nitrogens with zero attached hydrogens (tertiary/aromatic N) is 3. The number of nitrogens with one attached hydrogen (secondary N) is 1. The van der Waals surface area contributed by atoms with E-state index in [1.165, 1.54) is 0 Å². The molecule has 1 fully saturated rings. The van der Waals surface area contributed by atoms with Crippen LogP contribution in [0, 0.1) is 0 Å². The third-order valence-corrected chi connectivity index (χ3v) is 7.19. The molecule has 2 N–H and O–H groups in total. The highest BCUT2D eigenvalue weighted by Crippen LogP contribution is 2.34. The number of aromatic nitrogens is 1. The fourth-order valence-corrected chi connectivity index (χ4v) is 5.29. The van der Waals surface area contributed by atoms with Crippen molar-refractivity contribution in [3.63, 3.8) is 0 Å². The van der Waals surface area contributed by atoms with Crippen molar-refractivity contribution < 1.29 is 14.6 Å². The Morgan fingerprint density at radius 3 is 2.81 bits per heavy atom. The number of aliphatic hydroxyl groups is 1. The molecule has 2 unspecified atom stereocenters. The van der Waals surface area contributed by atoms with Gasteiger partial charge in [0, 0.05) is 61.3 Å². The van der Waals surface area contributed by atoms with Gasteiger partial charge in [-0.2, -0.15) is 0 Å². The zero-order valence-corrected chi connectivity index (χ0v) is 20.6. The Balaban J connectivity index is 1.10. The van der Waals surface area contributed by atoms with E-state index in [0.29, 0.717) is 6.54 Å². The van der Waals surface area contributed by atoms with Gasteiger partial charge in [-0.15, -0.1) is 0 Å². The Bertz CT molecular complexity index is 1400. The van der Waals surface area contributed by atoms with Gasteiger partial charge >= 0.3 is 0 Å². The number of hydrogen-bond donors (Lipinski definition) is 2. The van der Waals surface area contributed by atoms with E-state index in [1.54, 1.807) is 12.3 Å². The second-order valence-electron chi connectivity index (χ2n) is 9.66. The molecule has 37 heavy (non-hydrogen) atoms. The van der Waals surface area contributed by atoms with Crippen LogP contribution in [0.15, 0.2) is 90.7 Å². The SMILES string of the molecule is O=C1C=CC=C2C=C(N3CCN(CC(O)COc4cccc5ncccc45)CC3)c3ccccc3NC12. The number of carbonyl (C=O) groups is 1. The minimum Gasteiger partial charge on any atom is -0.490 e. The summed E-state index contributed by atoms with van der Waals surface area (Å²) in [6.45, 7) is 4.14. The Morgan fingerprint density at radius 1 is 1.05 bits per heavy atom. The van der Waals surface area contributed by atoms with Gasteiger partial charge in [-0.05, 0) is 48.1 Å². The van der Waals surface area contributed by atoms with Gasteiger partial charge in [-0.3, -0.25) is 14.7 Å². The fourth-order valence-electron chi connectivity index (χ4n) is 5.29. The second kappa shape index (κ2) is 10.2. The lowest BCUT2D eigenvalue weighted by Crippen LogP contribution is -2.48. The molecule has 1 aromatic heterocycles. The van der Waals surface area contributed by atoms with E-state index in [2.05, 4.69) is 32.2 Å². The van der Waals surface area contributed by atoms with Crippen LogP contribution in [0.2, 0.25) is 0 Å². The lowest BCUT2D eigenvalue weighted by molar-refractivity contribution is -0.114. The summed E-state index contributed by atoms with van der Waals surface area (Å²) in [4.78, 5) is 21.6. The van der Waals surface area contributed by atoms with E-state index in [-0.39, 0.29) is 18.4 Å². The minimum atomic E-state index is -0.591. The molecule has 1 saturated heterocycles. The lowest BCUT2D eigenvalue weighted by atomic mass is 9.97. The predicted octanol–water partition coefficient (Wildman–Crippen LogP) is 3.49. The van der Waals surface area contributed by atoms with Crippen LogP contribution in [0.3, 0.4) is 0 Å². The summed E-state index contributed by atoms with van der Waals surface area (Å²) in [7, 11) is 0. The first-order valence-electron chi connectivity index (χ1n) is 12.8.